The Morgan fingerprint density at radius 2 is 1.79 bits per heavy atom. The third-order valence-electron chi connectivity index (χ3n) is 4.10. The first-order valence-electron chi connectivity index (χ1n) is 8.21. The molecule has 1 heterocycles. The van der Waals surface area contributed by atoms with Crippen LogP contribution in [0.25, 0.3) is 0 Å². The molecule has 0 spiro atoms. The molecule has 0 saturated carbocycles. The van der Waals surface area contributed by atoms with Crippen molar-refractivity contribution in [3.8, 4) is 0 Å². The predicted octanol–water partition coefficient (Wildman–Crippen LogP) is 4.01. The largest absolute Gasteiger partial charge is 0.624 e. The van der Waals surface area contributed by atoms with Crippen molar-refractivity contribution in [2.24, 2.45) is 0 Å². The third-order valence-corrected chi connectivity index (χ3v) is 4.10. The number of unbranched alkanes of at least 4 members (excludes halogenated alkanes) is 7. The van der Waals surface area contributed by atoms with Gasteiger partial charge in [0.15, 0.2) is 12.3 Å². The van der Waals surface area contributed by atoms with Gasteiger partial charge in [-0.15, -0.1) is 0 Å². The molecule has 0 fully saturated rings. The first-order valence-corrected chi connectivity index (χ1v) is 8.21. The van der Waals surface area contributed by atoms with Crippen LogP contribution in [0.5, 0.6) is 0 Å². The first kappa shape index (κ1) is 16.5. The van der Waals surface area contributed by atoms with Crippen molar-refractivity contribution in [3.63, 3.8) is 0 Å². The molecule has 0 aromatic carbocycles. The van der Waals surface area contributed by atoms with Gasteiger partial charge in [0.2, 0.25) is 0 Å². The Morgan fingerprint density at radius 1 is 1.16 bits per heavy atom. The maximum atomic E-state index is 11.4. The van der Waals surface area contributed by atoms with E-state index in [1.807, 2.05) is 0 Å². The molecule has 0 radical (unpaired) electrons. The van der Waals surface area contributed by atoms with E-state index in [4.69, 9.17) is 0 Å². The minimum absolute atomic E-state index is 0.0315. The van der Waals surface area contributed by atoms with Crippen LogP contribution in [-0.2, 0) is 0 Å². The molecule has 0 aromatic heterocycles. The number of aliphatic hydroxyl groups excluding tert-OH is 1. The number of rotatable bonds is 11. The molecule has 0 amide bonds. The van der Waals surface area contributed by atoms with E-state index in [0.29, 0.717) is 6.42 Å². The fourth-order valence-corrected chi connectivity index (χ4v) is 2.84. The maximum absolute atomic E-state index is 11.4. The van der Waals surface area contributed by atoms with Gasteiger partial charge in [-0.3, -0.25) is 0 Å². The monoisotopic (exact) mass is 269 g/mol. The molecule has 2 atom stereocenters. The second kappa shape index (κ2) is 10.2. The van der Waals surface area contributed by atoms with Crippen LogP contribution in [0, 0.1) is 5.21 Å². The third kappa shape index (κ3) is 7.56. The highest BCUT2D eigenvalue weighted by Gasteiger charge is 2.24. The summed E-state index contributed by atoms with van der Waals surface area (Å²) in [5.74, 6) is 0. The van der Waals surface area contributed by atoms with Crippen molar-refractivity contribution < 1.29 is 9.85 Å². The van der Waals surface area contributed by atoms with Crippen molar-refractivity contribution in [2.75, 3.05) is 0 Å². The lowest BCUT2D eigenvalue weighted by atomic mass is 10.0. The molecule has 0 saturated heterocycles. The average molecular weight is 269 g/mol. The first-order chi connectivity index (χ1) is 9.24. The molecule has 0 aliphatic carbocycles. The lowest BCUT2D eigenvalue weighted by Crippen LogP contribution is -2.23. The molecule has 0 aromatic rings. The zero-order valence-electron chi connectivity index (χ0n) is 12.5. The van der Waals surface area contributed by atoms with Gasteiger partial charge in [0.05, 0.1) is 6.10 Å². The van der Waals surface area contributed by atoms with E-state index in [1.54, 1.807) is 6.21 Å². The van der Waals surface area contributed by atoms with Crippen LogP contribution in [0.15, 0.2) is 0 Å². The van der Waals surface area contributed by atoms with Gasteiger partial charge in [0.25, 0.3) is 0 Å². The van der Waals surface area contributed by atoms with Crippen molar-refractivity contribution in [3.05, 3.63) is 5.21 Å². The van der Waals surface area contributed by atoms with E-state index < -0.39 is 0 Å². The van der Waals surface area contributed by atoms with Gasteiger partial charge >= 0.3 is 0 Å². The van der Waals surface area contributed by atoms with Gasteiger partial charge in [-0.25, -0.2) is 4.74 Å². The number of nitrogens with zero attached hydrogens (tertiary/aromatic N) is 1. The highest BCUT2D eigenvalue weighted by atomic mass is 16.5. The molecule has 1 aliphatic heterocycles. The van der Waals surface area contributed by atoms with E-state index in [0.717, 1.165) is 30.4 Å². The number of hydrogen-bond acceptors (Lipinski definition) is 2. The molecule has 19 heavy (non-hydrogen) atoms. The Balaban J connectivity index is 1.90. The number of hydrogen-bond donors (Lipinski definition) is 1. The predicted molar refractivity (Wildman–Crippen MR) is 80.6 cm³/mol. The summed E-state index contributed by atoms with van der Waals surface area (Å²) in [4.78, 5) is 0. The summed E-state index contributed by atoms with van der Waals surface area (Å²) >= 11 is 0. The Morgan fingerprint density at radius 3 is 2.37 bits per heavy atom. The molecular weight excluding hydrogens is 238 g/mol. The van der Waals surface area contributed by atoms with Crippen molar-refractivity contribution in [1.29, 1.82) is 0 Å². The number of aliphatic hydroxyl groups is 1. The molecular formula is C16H31NO2. The Kier molecular flexibility index (Phi) is 8.89. The standard InChI is InChI=1S/C16H31NO2/c1-2-3-4-5-6-7-8-9-12-16(18)14-15-11-10-13-17(15)19/h13,15-16,18H,2-12,14H2,1H3/t15?,16-/m1/s1. The van der Waals surface area contributed by atoms with E-state index in [9.17, 15) is 10.3 Å². The van der Waals surface area contributed by atoms with Crippen LogP contribution in [0.4, 0.5) is 0 Å². The van der Waals surface area contributed by atoms with Crippen LogP contribution in [-0.4, -0.2) is 28.2 Å². The van der Waals surface area contributed by atoms with Crippen LogP contribution >= 0.6 is 0 Å². The maximum Gasteiger partial charge on any atom is 0.165 e. The smallest absolute Gasteiger partial charge is 0.165 e. The minimum atomic E-state index is -0.284. The van der Waals surface area contributed by atoms with Crippen LogP contribution in [0.1, 0.15) is 84.0 Å². The van der Waals surface area contributed by atoms with Crippen molar-refractivity contribution in [1.82, 2.24) is 0 Å². The average Bonchev–Trinajstić information content (AvgIpc) is 2.78. The number of hydroxylamine groups is 1. The fourth-order valence-electron chi connectivity index (χ4n) is 2.84. The molecule has 3 nitrogen and oxygen atoms in total. The normalized spacial score (nSPS) is 20.5. The Labute approximate surface area is 118 Å². The van der Waals surface area contributed by atoms with Gasteiger partial charge < -0.3 is 10.3 Å². The van der Waals surface area contributed by atoms with Gasteiger partial charge in [0, 0.05) is 19.3 Å². The van der Waals surface area contributed by atoms with E-state index in [2.05, 4.69) is 6.92 Å². The zero-order chi connectivity index (χ0) is 13.9. The topological polar surface area (TPSA) is 46.3 Å². The fraction of sp³-hybridized carbons (Fsp3) is 0.938. The Bertz CT molecular complexity index is 253. The van der Waals surface area contributed by atoms with E-state index in [1.165, 1.54) is 44.9 Å². The summed E-state index contributed by atoms with van der Waals surface area (Å²) in [5.41, 5.74) is 0. The molecule has 112 valence electrons. The van der Waals surface area contributed by atoms with Gasteiger partial charge in [-0.2, -0.15) is 0 Å². The van der Waals surface area contributed by atoms with Crippen molar-refractivity contribution >= 4 is 6.21 Å². The van der Waals surface area contributed by atoms with Gasteiger partial charge in [0.1, 0.15) is 0 Å². The zero-order valence-corrected chi connectivity index (χ0v) is 12.5. The Hall–Kier alpha value is -0.570. The van der Waals surface area contributed by atoms with Crippen molar-refractivity contribution in [2.45, 2.75) is 96.1 Å². The summed E-state index contributed by atoms with van der Waals surface area (Å²) in [7, 11) is 0. The highest BCUT2D eigenvalue weighted by Crippen LogP contribution is 2.17. The molecule has 1 aliphatic rings. The second-order valence-corrected chi connectivity index (χ2v) is 5.93. The molecule has 1 N–H and O–H groups in total. The summed E-state index contributed by atoms with van der Waals surface area (Å²) in [5, 5.41) is 21.3. The quantitative estimate of drug-likeness (QED) is 0.350. The SMILES string of the molecule is CCCCCCCCCC[C@@H](O)CC1CCC=[N+]1[O-]. The molecule has 1 unspecified atom stereocenters. The van der Waals surface area contributed by atoms with Gasteiger partial charge in [-0.1, -0.05) is 58.3 Å². The van der Waals surface area contributed by atoms with E-state index in [-0.39, 0.29) is 12.1 Å². The summed E-state index contributed by atoms with van der Waals surface area (Å²) in [6, 6.07) is 0.0315. The second-order valence-electron chi connectivity index (χ2n) is 5.93. The van der Waals surface area contributed by atoms with Crippen LogP contribution in [0.3, 0.4) is 0 Å². The lowest BCUT2D eigenvalue weighted by molar-refractivity contribution is -0.491. The molecule has 3 heteroatoms. The van der Waals surface area contributed by atoms with Crippen LogP contribution < -0.4 is 0 Å². The van der Waals surface area contributed by atoms with Crippen LogP contribution in [0.2, 0.25) is 0 Å². The van der Waals surface area contributed by atoms with E-state index >= 15 is 0 Å². The molecule has 0 bridgehead atoms. The lowest BCUT2D eigenvalue weighted by Gasteiger charge is -2.15. The van der Waals surface area contributed by atoms with Gasteiger partial charge in [-0.05, 0) is 6.42 Å². The summed E-state index contributed by atoms with van der Waals surface area (Å²) < 4.78 is 1.04. The highest BCUT2D eigenvalue weighted by molar-refractivity contribution is 5.52. The summed E-state index contributed by atoms with van der Waals surface area (Å²) in [6.45, 7) is 2.24. The summed E-state index contributed by atoms with van der Waals surface area (Å²) in [6.07, 6.45) is 15.1. The molecule has 1 rings (SSSR count). The minimum Gasteiger partial charge on any atom is -0.624 e.